The predicted molar refractivity (Wildman–Crippen MR) is 59.0 cm³/mol. The molecule has 0 spiro atoms. The lowest BCUT2D eigenvalue weighted by Gasteiger charge is -1.93. The van der Waals surface area contributed by atoms with Crippen LogP contribution in [0.15, 0.2) is 16.8 Å². The Labute approximate surface area is 98.2 Å². The van der Waals surface area contributed by atoms with Gasteiger partial charge in [-0.05, 0) is 12.5 Å². The van der Waals surface area contributed by atoms with E-state index < -0.39 is 0 Å². The van der Waals surface area contributed by atoms with Gasteiger partial charge in [0.2, 0.25) is 0 Å². The van der Waals surface area contributed by atoms with Crippen molar-refractivity contribution in [2.75, 3.05) is 13.7 Å². The summed E-state index contributed by atoms with van der Waals surface area (Å²) < 4.78 is 10.0. The second-order valence-electron chi connectivity index (χ2n) is 3.53. The lowest BCUT2D eigenvalue weighted by atomic mass is 10.3. The zero-order chi connectivity index (χ0) is 12.1. The number of nitriles is 1. The van der Waals surface area contributed by atoms with Crippen LogP contribution in [-0.2, 0) is 11.2 Å². The van der Waals surface area contributed by atoms with E-state index >= 15 is 0 Å². The lowest BCUT2D eigenvalue weighted by Crippen LogP contribution is -1.94. The zero-order valence-corrected chi connectivity index (χ0v) is 9.43. The number of aryl methyl sites for hydroxylation is 1. The van der Waals surface area contributed by atoms with Crippen LogP contribution in [-0.4, -0.2) is 28.8 Å². The molecule has 0 aliphatic heterocycles. The SMILES string of the molecule is COCCCc1noc(-c2cc(C#N)c[nH]2)n1. The molecule has 17 heavy (non-hydrogen) atoms. The molecule has 6 nitrogen and oxygen atoms in total. The van der Waals surface area contributed by atoms with E-state index in [1.165, 1.54) is 0 Å². The average molecular weight is 232 g/mol. The monoisotopic (exact) mass is 232 g/mol. The van der Waals surface area contributed by atoms with Gasteiger partial charge in [0, 0.05) is 26.3 Å². The third-order valence-electron chi connectivity index (χ3n) is 2.26. The number of rotatable bonds is 5. The maximum atomic E-state index is 8.70. The second-order valence-corrected chi connectivity index (χ2v) is 3.53. The van der Waals surface area contributed by atoms with E-state index in [-0.39, 0.29) is 0 Å². The van der Waals surface area contributed by atoms with Crippen LogP contribution in [0.3, 0.4) is 0 Å². The lowest BCUT2D eigenvalue weighted by molar-refractivity contribution is 0.194. The van der Waals surface area contributed by atoms with E-state index in [1.54, 1.807) is 19.4 Å². The largest absolute Gasteiger partial charge is 0.385 e. The van der Waals surface area contributed by atoms with Crippen molar-refractivity contribution in [3.8, 4) is 17.7 Å². The van der Waals surface area contributed by atoms with Crippen molar-refractivity contribution in [1.29, 1.82) is 5.26 Å². The number of hydrogen-bond donors (Lipinski definition) is 1. The zero-order valence-electron chi connectivity index (χ0n) is 9.43. The van der Waals surface area contributed by atoms with Crippen molar-refractivity contribution in [1.82, 2.24) is 15.1 Å². The van der Waals surface area contributed by atoms with Crippen molar-refractivity contribution in [3.63, 3.8) is 0 Å². The maximum absolute atomic E-state index is 8.70. The van der Waals surface area contributed by atoms with Crippen LogP contribution < -0.4 is 0 Å². The van der Waals surface area contributed by atoms with Crippen LogP contribution >= 0.6 is 0 Å². The first kappa shape index (κ1) is 11.4. The number of nitrogens with zero attached hydrogens (tertiary/aromatic N) is 3. The number of nitrogens with one attached hydrogen (secondary N) is 1. The summed E-state index contributed by atoms with van der Waals surface area (Å²) in [4.78, 5) is 7.14. The fraction of sp³-hybridized carbons (Fsp3) is 0.364. The molecule has 0 aliphatic rings. The summed E-state index contributed by atoms with van der Waals surface area (Å²) in [5.41, 5.74) is 1.20. The van der Waals surface area contributed by atoms with Crippen LogP contribution in [0.5, 0.6) is 0 Å². The van der Waals surface area contributed by atoms with Gasteiger partial charge in [-0.3, -0.25) is 0 Å². The van der Waals surface area contributed by atoms with Gasteiger partial charge < -0.3 is 14.2 Å². The molecule has 0 amide bonds. The highest BCUT2D eigenvalue weighted by Gasteiger charge is 2.10. The van der Waals surface area contributed by atoms with E-state index in [1.807, 2.05) is 6.07 Å². The van der Waals surface area contributed by atoms with Crippen molar-refractivity contribution in [2.45, 2.75) is 12.8 Å². The van der Waals surface area contributed by atoms with Crippen LogP contribution in [0.4, 0.5) is 0 Å². The molecule has 2 rings (SSSR count). The van der Waals surface area contributed by atoms with Gasteiger partial charge in [-0.25, -0.2) is 0 Å². The Balaban J connectivity index is 2.05. The number of aromatic amines is 1. The molecule has 2 aromatic heterocycles. The molecule has 0 saturated heterocycles. The molecule has 0 atom stereocenters. The summed E-state index contributed by atoms with van der Waals surface area (Å²) in [7, 11) is 1.66. The van der Waals surface area contributed by atoms with Crippen molar-refractivity contribution in [3.05, 3.63) is 23.7 Å². The first-order chi connectivity index (χ1) is 8.33. The summed E-state index contributed by atoms with van der Waals surface area (Å²) in [5, 5.41) is 12.6. The van der Waals surface area contributed by atoms with E-state index in [0.717, 1.165) is 6.42 Å². The van der Waals surface area contributed by atoms with Crippen molar-refractivity contribution in [2.24, 2.45) is 0 Å². The molecule has 0 aromatic carbocycles. The molecule has 6 heteroatoms. The molecule has 1 N–H and O–H groups in total. The third-order valence-corrected chi connectivity index (χ3v) is 2.26. The first-order valence-electron chi connectivity index (χ1n) is 5.24. The van der Waals surface area contributed by atoms with E-state index in [2.05, 4.69) is 15.1 Å². The number of methoxy groups -OCH3 is 1. The van der Waals surface area contributed by atoms with Gasteiger partial charge in [-0.1, -0.05) is 5.16 Å². The molecule has 0 aliphatic carbocycles. The van der Waals surface area contributed by atoms with Crippen LogP contribution in [0.2, 0.25) is 0 Å². The smallest absolute Gasteiger partial charge is 0.274 e. The highest BCUT2D eigenvalue weighted by atomic mass is 16.5. The molecular weight excluding hydrogens is 220 g/mol. The predicted octanol–water partition coefficient (Wildman–Crippen LogP) is 1.52. The summed E-state index contributed by atoms with van der Waals surface area (Å²) in [6, 6.07) is 3.70. The average Bonchev–Trinajstić information content (AvgIpc) is 2.97. The normalized spacial score (nSPS) is 10.4. The van der Waals surface area contributed by atoms with E-state index in [0.29, 0.717) is 36.0 Å². The maximum Gasteiger partial charge on any atom is 0.274 e. The standard InChI is InChI=1S/C11H12N4O2/c1-16-4-2-3-10-14-11(17-15-10)9-5-8(6-12)7-13-9/h5,7,13H,2-4H2,1H3. The summed E-state index contributed by atoms with van der Waals surface area (Å²) in [5.74, 6) is 1.05. The molecular formula is C11H12N4O2. The van der Waals surface area contributed by atoms with Crippen LogP contribution in [0.1, 0.15) is 17.8 Å². The summed E-state index contributed by atoms with van der Waals surface area (Å²) in [6.07, 6.45) is 3.16. The molecule has 0 saturated carbocycles. The van der Waals surface area contributed by atoms with Gasteiger partial charge in [0.15, 0.2) is 5.82 Å². The highest BCUT2D eigenvalue weighted by Crippen LogP contribution is 2.16. The van der Waals surface area contributed by atoms with Gasteiger partial charge >= 0.3 is 0 Å². The first-order valence-corrected chi connectivity index (χ1v) is 5.24. The Hall–Kier alpha value is -2.13. The Kier molecular flexibility index (Phi) is 3.52. The van der Waals surface area contributed by atoms with Gasteiger partial charge in [0.05, 0.1) is 5.56 Å². The van der Waals surface area contributed by atoms with E-state index in [4.69, 9.17) is 14.5 Å². The molecule has 0 radical (unpaired) electrons. The van der Waals surface area contributed by atoms with Gasteiger partial charge in [-0.2, -0.15) is 10.2 Å². The Morgan fingerprint density at radius 2 is 2.47 bits per heavy atom. The Bertz CT molecular complexity index is 524. The minimum atomic E-state index is 0.402. The summed E-state index contributed by atoms with van der Waals surface area (Å²) in [6.45, 7) is 0.672. The van der Waals surface area contributed by atoms with Crippen molar-refractivity contribution >= 4 is 0 Å². The quantitative estimate of drug-likeness (QED) is 0.789. The van der Waals surface area contributed by atoms with E-state index in [9.17, 15) is 0 Å². The second kappa shape index (κ2) is 5.27. The number of aromatic nitrogens is 3. The van der Waals surface area contributed by atoms with Crippen LogP contribution in [0, 0.1) is 11.3 Å². The number of H-pyrrole nitrogens is 1. The van der Waals surface area contributed by atoms with Gasteiger partial charge in [0.25, 0.3) is 5.89 Å². The topological polar surface area (TPSA) is 87.7 Å². The summed E-state index contributed by atoms with van der Waals surface area (Å²) >= 11 is 0. The third kappa shape index (κ3) is 2.71. The molecule has 0 bridgehead atoms. The van der Waals surface area contributed by atoms with Gasteiger partial charge in [0.1, 0.15) is 11.8 Å². The minimum Gasteiger partial charge on any atom is -0.385 e. The fourth-order valence-corrected chi connectivity index (χ4v) is 1.42. The molecule has 88 valence electrons. The van der Waals surface area contributed by atoms with Crippen LogP contribution in [0.25, 0.3) is 11.6 Å². The fourth-order valence-electron chi connectivity index (χ4n) is 1.42. The molecule has 0 unspecified atom stereocenters. The number of hydrogen-bond acceptors (Lipinski definition) is 5. The van der Waals surface area contributed by atoms with Gasteiger partial charge in [-0.15, -0.1) is 0 Å². The van der Waals surface area contributed by atoms with Crippen molar-refractivity contribution < 1.29 is 9.26 Å². The Morgan fingerprint density at radius 3 is 3.18 bits per heavy atom. The highest BCUT2D eigenvalue weighted by molar-refractivity contribution is 5.51. The molecule has 0 fully saturated rings. The Morgan fingerprint density at radius 1 is 1.59 bits per heavy atom. The molecule has 2 aromatic rings. The number of ether oxygens (including phenoxy) is 1. The minimum absolute atomic E-state index is 0.402. The molecule has 2 heterocycles.